The summed E-state index contributed by atoms with van der Waals surface area (Å²) in [4.78, 5) is 14.3. The molecular formula is C21H21F4N5OS. The van der Waals surface area contributed by atoms with Gasteiger partial charge in [-0.2, -0.15) is 13.2 Å². The van der Waals surface area contributed by atoms with E-state index in [0.29, 0.717) is 16.7 Å². The first-order valence-corrected chi connectivity index (χ1v) is 10.5. The Bertz CT molecular complexity index is 1070. The van der Waals surface area contributed by atoms with Crippen LogP contribution in [-0.2, 0) is 11.0 Å². The zero-order valence-electron chi connectivity index (χ0n) is 17.5. The summed E-state index contributed by atoms with van der Waals surface area (Å²) in [5.41, 5.74) is 0.107. The van der Waals surface area contributed by atoms with E-state index in [2.05, 4.69) is 15.5 Å². The predicted molar refractivity (Wildman–Crippen MR) is 114 cm³/mol. The van der Waals surface area contributed by atoms with E-state index in [1.54, 1.807) is 16.7 Å². The highest BCUT2D eigenvalue weighted by Gasteiger charge is 2.30. The molecule has 0 saturated carbocycles. The number of aromatic nitrogens is 3. The molecule has 3 rings (SSSR count). The molecule has 1 atom stereocenters. The SMILES string of the molecule is C[C@@H](c1nnc(SCC(=O)Nc2ccc(C(F)(F)F)cc2)n1-c1ccc(F)cc1)N(C)C. The van der Waals surface area contributed by atoms with Crippen LogP contribution < -0.4 is 5.32 Å². The van der Waals surface area contributed by atoms with Crippen molar-refractivity contribution in [2.24, 2.45) is 0 Å². The summed E-state index contributed by atoms with van der Waals surface area (Å²) in [6.07, 6.45) is -4.44. The van der Waals surface area contributed by atoms with E-state index in [1.165, 1.54) is 24.3 Å². The molecule has 0 aliphatic heterocycles. The molecule has 0 aliphatic rings. The zero-order valence-corrected chi connectivity index (χ0v) is 18.3. The lowest BCUT2D eigenvalue weighted by molar-refractivity contribution is -0.137. The van der Waals surface area contributed by atoms with Gasteiger partial charge in [-0.05, 0) is 69.6 Å². The van der Waals surface area contributed by atoms with Crippen molar-refractivity contribution < 1.29 is 22.4 Å². The highest BCUT2D eigenvalue weighted by molar-refractivity contribution is 7.99. The maximum absolute atomic E-state index is 13.4. The van der Waals surface area contributed by atoms with Crippen LogP contribution in [0, 0.1) is 5.82 Å². The number of hydrogen-bond acceptors (Lipinski definition) is 5. The first kappa shape index (κ1) is 23.7. The molecule has 0 spiro atoms. The van der Waals surface area contributed by atoms with E-state index < -0.39 is 17.6 Å². The average molecular weight is 467 g/mol. The summed E-state index contributed by atoms with van der Waals surface area (Å²) in [6, 6.07) is 9.94. The summed E-state index contributed by atoms with van der Waals surface area (Å²) in [5, 5.41) is 11.4. The Morgan fingerprint density at radius 3 is 2.28 bits per heavy atom. The van der Waals surface area contributed by atoms with Crippen LogP contribution in [-0.4, -0.2) is 45.4 Å². The Kier molecular flexibility index (Phi) is 7.19. The predicted octanol–water partition coefficient (Wildman–Crippen LogP) is 4.78. The molecule has 0 bridgehead atoms. The van der Waals surface area contributed by atoms with E-state index in [4.69, 9.17) is 0 Å². The summed E-state index contributed by atoms with van der Waals surface area (Å²) < 4.78 is 53.2. The number of thioether (sulfide) groups is 1. The molecule has 1 amide bonds. The first-order chi connectivity index (χ1) is 15.1. The number of anilines is 1. The number of benzene rings is 2. The number of hydrogen-bond donors (Lipinski definition) is 1. The van der Waals surface area contributed by atoms with Crippen LogP contribution in [0.4, 0.5) is 23.2 Å². The standard InChI is InChI=1S/C21H21F4N5OS/c1-13(29(2)3)19-27-28-20(30(19)17-10-6-15(22)7-11-17)32-12-18(31)26-16-8-4-14(5-9-16)21(23,24)25/h4-11,13H,12H2,1-3H3,(H,26,31)/t13-/m0/s1. The third-order valence-electron chi connectivity index (χ3n) is 4.72. The van der Waals surface area contributed by atoms with Crippen LogP contribution >= 0.6 is 11.8 Å². The summed E-state index contributed by atoms with van der Waals surface area (Å²) in [5.74, 6) is -0.219. The van der Waals surface area contributed by atoms with Crippen LogP contribution in [0.15, 0.2) is 53.7 Å². The quantitative estimate of drug-likeness (QED) is 0.400. The lowest BCUT2D eigenvalue weighted by atomic mass is 10.2. The van der Waals surface area contributed by atoms with Gasteiger partial charge >= 0.3 is 6.18 Å². The molecule has 1 N–H and O–H groups in total. The number of halogens is 4. The minimum absolute atomic E-state index is 0.0449. The monoisotopic (exact) mass is 467 g/mol. The van der Waals surface area contributed by atoms with E-state index in [-0.39, 0.29) is 23.3 Å². The van der Waals surface area contributed by atoms with Gasteiger partial charge in [0.15, 0.2) is 11.0 Å². The van der Waals surface area contributed by atoms with Crippen LogP contribution in [0.1, 0.15) is 24.4 Å². The number of alkyl halides is 3. The minimum Gasteiger partial charge on any atom is -0.325 e. The normalized spacial score (nSPS) is 12.8. The molecule has 6 nitrogen and oxygen atoms in total. The Hall–Kier alpha value is -2.92. The second-order valence-corrected chi connectivity index (χ2v) is 8.15. The molecule has 170 valence electrons. The van der Waals surface area contributed by atoms with Gasteiger partial charge in [0.2, 0.25) is 5.91 Å². The van der Waals surface area contributed by atoms with Gasteiger partial charge in [0.05, 0.1) is 17.4 Å². The van der Waals surface area contributed by atoms with Crippen molar-refractivity contribution in [1.29, 1.82) is 0 Å². The Labute approximate surface area is 186 Å². The average Bonchev–Trinajstić information content (AvgIpc) is 3.15. The third-order valence-corrected chi connectivity index (χ3v) is 5.65. The van der Waals surface area contributed by atoms with Crippen molar-refractivity contribution in [3.63, 3.8) is 0 Å². The molecule has 0 saturated heterocycles. The smallest absolute Gasteiger partial charge is 0.325 e. The van der Waals surface area contributed by atoms with Gasteiger partial charge in [-0.25, -0.2) is 4.39 Å². The molecule has 2 aromatic carbocycles. The molecule has 32 heavy (non-hydrogen) atoms. The van der Waals surface area contributed by atoms with E-state index in [9.17, 15) is 22.4 Å². The number of carbonyl (C=O) groups is 1. The molecule has 3 aromatic rings. The Morgan fingerprint density at radius 1 is 1.09 bits per heavy atom. The summed E-state index contributed by atoms with van der Waals surface area (Å²) in [7, 11) is 3.78. The van der Waals surface area contributed by atoms with Crippen molar-refractivity contribution in [3.8, 4) is 5.69 Å². The van der Waals surface area contributed by atoms with Gasteiger partial charge in [-0.3, -0.25) is 14.3 Å². The molecule has 1 aromatic heterocycles. The van der Waals surface area contributed by atoms with Crippen LogP contribution in [0.5, 0.6) is 0 Å². The van der Waals surface area contributed by atoms with E-state index in [1.807, 2.05) is 25.9 Å². The van der Waals surface area contributed by atoms with Crippen molar-refractivity contribution in [3.05, 3.63) is 65.7 Å². The number of carbonyl (C=O) groups excluding carboxylic acids is 1. The van der Waals surface area contributed by atoms with Crippen molar-refractivity contribution in [2.45, 2.75) is 24.3 Å². The second-order valence-electron chi connectivity index (χ2n) is 7.20. The fourth-order valence-corrected chi connectivity index (χ4v) is 3.54. The lowest BCUT2D eigenvalue weighted by Gasteiger charge is -2.20. The Morgan fingerprint density at radius 2 is 1.72 bits per heavy atom. The van der Waals surface area contributed by atoms with Gasteiger partial charge in [-0.15, -0.1) is 10.2 Å². The fourth-order valence-electron chi connectivity index (χ4n) is 2.78. The summed E-state index contributed by atoms with van der Waals surface area (Å²) in [6.45, 7) is 1.94. The lowest BCUT2D eigenvalue weighted by Crippen LogP contribution is -2.21. The van der Waals surface area contributed by atoms with Crippen molar-refractivity contribution >= 4 is 23.4 Å². The van der Waals surface area contributed by atoms with E-state index >= 15 is 0 Å². The van der Waals surface area contributed by atoms with Crippen LogP contribution in [0.3, 0.4) is 0 Å². The van der Waals surface area contributed by atoms with E-state index in [0.717, 1.165) is 23.9 Å². The zero-order chi connectivity index (χ0) is 23.5. The first-order valence-electron chi connectivity index (χ1n) is 9.54. The molecule has 11 heteroatoms. The molecular weight excluding hydrogens is 446 g/mol. The number of nitrogens with zero attached hydrogens (tertiary/aromatic N) is 4. The number of amides is 1. The Balaban J connectivity index is 1.75. The fraction of sp³-hybridized carbons (Fsp3) is 0.286. The molecule has 1 heterocycles. The van der Waals surface area contributed by atoms with Crippen molar-refractivity contribution in [1.82, 2.24) is 19.7 Å². The minimum atomic E-state index is -4.44. The highest BCUT2D eigenvalue weighted by atomic mass is 32.2. The van der Waals surface area contributed by atoms with Crippen LogP contribution in [0.2, 0.25) is 0 Å². The highest BCUT2D eigenvalue weighted by Crippen LogP contribution is 2.30. The summed E-state index contributed by atoms with van der Waals surface area (Å²) >= 11 is 1.12. The van der Waals surface area contributed by atoms with Gasteiger partial charge in [0.1, 0.15) is 5.82 Å². The van der Waals surface area contributed by atoms with Crippen LogP contribution in [0.25, 0.3) is 5.69 Å². The molecule has 0 radical (unpaired) electrons. The number of rotatable bonds is 7. The van der Waals surface area contributed by atoms with Gasteiger partial charge in [0, 0.05) is 11.4 Å². The second kappa shape index (κ2) is 9.70. The van der Waals surface area contributed by atoms with Gasteiger partial charge < -0.3 is 5.32 Å². The maximum Gasteiger partial charge on any atom is 0.416 e. The molecule has 0 aliphatic carbocycles. The molecule has 0 fully saturated rings. The van der Waals surface area contributed by atoms with Gasteiger partial charge in [-0.1, -0.05) is 11.8 Å². The maximum atomic E-state index is 13.4. The van der Waals surface area contributed by atoms with Gasteiger partial charge in [0.25, 0.3) is 0 Å². The topological polar surface area (TPSA) is 63.1 Å². The molecule has 0 unspecified atom stereocenters. The largest absolute Gasteiger partial charge is 0.416 e. The number of nitrogens with one attached hydrogen (secondary N) is 1. The van der Waals surface area contributed by atoms with Crippen molar-refractivity contribution in [2.75, 3.05) is 25.2 Å². The third kappa shape index (κ3) is 5.65.